The minimum absolute atomic E-state index is 0.195. The van der Waals surface area contributed by atoms with Gasteiger partial charge >= 0.3 is 5.97 Å². The molecule has 116 valence electrons. The Morgan fingerprint density at radius 1 is 1.38 bits per heavy atom. The third kappa shape index (κ3) is 2.91. The zero-order valence-electron chi connectivity index (χ0n) is 11.5. The number of aromatic carboxylic acids is 1. The van der Waals surface area contributed by atoms with Crippen LogP contribution in [-0.4, -0.2) is 36.9 Å². The highest BCUT2D eigenvalue weighted by atomic mass is 32.2. The van der Waals surface area contributed by atoms with Gasteiger partial charge in [-0.1, -0.05) is 0 Å². The molecule has 0 radical (unpaired) electrons. The van der Waals surface area contributed by atoms with Gasteiger partial charge in [0.05, 0.1) is 5.56 Å². The van der Waals surface area contributed by atoms with Crippen LogP contribution in [0.3, 0.4) is 0 Å². The van der Waals surface area contributed by atoms with Gasteiger partial charge in [0, 0.05) is 13.1 Å². The van der Waals surface area contributed by atoms with E-state index in [2.05, 4.69) is 0 Å². The van der Waals surface area contributed by atoms with Gasteiger partial charge in [-0.2, -0.15) is 4.31 Å². The van der Waals surface area contributed by atoms with E-state index in [-0.39, 0.29) is 12.0 Å². The molecule has 0 amide bonds. The summed E-state index contributed by atoms with van der Waals surface area (Å²) in [5, 5.41) is 8.84. The maximum absolute atomic E-state index is 13.8. The summed E-state index contributed by atoms with van der Waals surface area (Å²) in [6.07, 6.45) is 1.76. The number of sulfonamides is 1. The Morgan fingerprint density at radius 3 is 2.43 bits per heavy atom. The third-order valence-electron chi connectivity index (χ3n) is 3.78. The molecule has 1 fully saturated rings. The van der Waals surface area contributed by atoms with E-state index in [1.807, 2.05) is 0 Å². The van der Waals surface area contributed by atoms with Crippen molar-refractivity contribution >= 4 is 16.0 Å². The van der Waals surface area contributed by atoms with Crippen molar-refractivity contribution in [1.29, 1.82) is 0 Å². The highest BCUT2D eigenvalue weighted by Gasteiger charge is 2.37. The smallest absolute Gasteiger partial charge is 0.335 e. The van der Waals surface area contributed by atoms with Crippen molar-refractivity contribution in [3.8, 4) is 0 Å². The second kappa shape index (κ2) is 5.34. The topological polar surface area (TPSA) is 74.7 Å². The van der Waals surface area contributed by atoms with Crippen LogP contribution in [0, 0.1) is 17.6 Å². The minimum atomic E-state index is -4.30. The SMILES string of the molecule is CC(C1CC1)N(C)S(=O)(=O)c1cc(C(=O)O)cc(F)c1F. The number of carbonyl (C=O) groups is 1. The molecule has 1 aliphatic rings. The van der Waals surface area contributed by atoms with Gasteiger partial charge in [-0.3, -0.25) is 0 Å². The fourth-order valence-corrected chi connectivity index (χ4v) is 3.64. The quantitative estimate of drug-likeness (QED) is 0.901. The molecule has 1 atom stereocenters. The summed E-state index contributed by atoms with van der Waals surface area (Å²) in [7, 11) is -3.02. The summed E-state index contributed by atoms with van der Waals surface area (Å²) >= 11 is 0. The van der Waals surface area contributed by atoms with E-state index >= 15 is 0 Å². The molecule has 1 N–H and O–H groups in total. The van der Waals surface area contributed by atoms with E-state index in [1.54, 1.807) is 6.92 Å². The van der Waals surface area contributed by atoms with Gasteiger partial charge in [-0.15, -0.1) is 0 Å². The minimum Gasteiger partial charge on any atom is -0.478 e. The Kier molecular flexibility index (Phi) is 4.03. The van der Waals surface area contributed by atoms with E-state index in [0.717, 1.165) is 17.1 Å². The van der Waals surface area contributed by atoms with Gasteiger partial charge in [-0.25, -0.2) is 22.0 Å². The van der Waals surface area contributed by atoms with Gasteiger partial charge in [0.15, 0.2) is 11.6 Å². The molecule has 1 aromatic rings. The summed E-state index contributed by atoms with van der Waals surface area (Å²) in [4.78, 5) is 9.92. The summed E-state index contributed by atoms with van der Waals surface area (Å²) < 4.78 is 53.0. The van der Waals surface area contributed by atoms with Crippen LogP contribution in [0.25, 0.3) is 0 Å². The standard InChI is InChI=1S/C13H15F2NO4S/c1-7(8-3-4-8)16(2)21(19,20)11-6-9(13(17)18)5-10(14)12(11)15/h5-8H,3-4H2,1-2H3,(H,17,18). The first kappa shape index (κ1) is 15.8. The molecule has 1 unspecified atom stereocenters. The second-order valence-corrected chi connectivity index (χ2v) is 7.14. The molecule has 1 aromatic carbocycles. The van der Waals surface area contributed by atoms with E-state index in [4.69, 9.17) is 5.11 Å². The van der Waals surface area contributed by atoms with Gasteiger partial charge < -0.3 is 5.11 Å². The highest BCUT2D eigenvalue weighted by molar-refractivity contribution is 7.89. The Hall–Kier alpha value is -1.54. The van der Waals surface area contributed by atoms with Crippen LogP contribution in [0.1, 0.15) is 30.1 Å². The molecular weight excluding hydrogens is 304 g/mol. The summed E-state index contributed by atoms with van der Waals surface area (Å²) in [6.45, 7) is 1.69. The molecule has 1 aliphatic carbocycles. The Bertz CT molecular complexity index is 686. The maximum atomic E-state index is 13.8. The number of rotatable bonds is 5. The average molecular weight is 319 g/mol. The molecule has 0 aromatic heterocycles. The number of carboxylic acids is 1. The second-order valence-electron chi connectivity index (χ2n) is 5.17. The molecule has 2 rings (SSSR count). The first-order valence-electron chi connectivity index (χ1n) is 6.36. The van der Waals surface area contributed by atoms with Crippen LogP contribution in [-0.2, 0) is 10.0 Å². The lowest BCUT2D eigenvalue weighted by Gasteiger charge is -2.24. The van der Waals surface area contributed by atoms with Crippen LogP contribution in [0.4, 0.5) is 8.78 Å². The fraction of sp³-hybridized carbons (Fsp3) is 0.462. The van der Waals surface area contributed by atoms with Gasteiger partial charge in [0.2, 0.25) is 10.0 Å². The van der Waals surface area contributed by atoms with Crippen molar-refractivity contribution in [3.05, 3.63) is 29.3 Å². The van der Waals surface area contributed by atoms with Crippen molar-refractivity contribution in [2.24, 2.45) is 5.92 Å². The first-order valence-corrected chi connectivity index (χ1v) is 7.80. The molecule has 0 saturated heterocycles. The molecular formula is C13H15F2NO4S. The predicted molar refractivity (Wildman–Crippen MR) is 70.5 cm³/mol. The van der Waals surface area contributed by atoms with E-state index in [1.165, 1.54) is 7.05 Å². The number of nitrogens with zero attached hydrogens (tertiary/aromatic N) is 1. The molecule has 1 saturated carbocycles. The van der Waals surface area contributed by atoms with Gasteiger partial charge in [-0.05, 0) is 37.8 Å². The maximum Gasteiger partial charge on any atom is 0.335 e. The zero-order chi connectivity index (χ0) is 15.9. The van der Waals surface area contributed by atoms with Crippen molar-refractivity contribution in [1.82, 2.24) is 4.31 Å². The lowest BCUT2D eigenvalue weighted by molar-refractivity contribution is 0.0696. The monoisotopic (exact) mass is 319 g/mol. The molecule has 5 nitrogen and oxygen atoms in total. The van der Waals surface area contributed by atoms with Crippen molar-refractivity contribution < 1.29 is 27.1 Å². The summed E-state index contributed by atoms with van der Waals surface area (Å²) in [5.74, 6) is -4.39. The Morgan fingerprint density at radius 2 is 1.95 bits per heavy atom. The molecule has 0 bridgehead atoms. The van der Waals surface area contributed by atoms with Crippen LogP contribution in [0.5, 0.6) is 0 Å². The number of hydrogen-bond acceptors (Lipinski definition) is 3. The van der Waals surface area contributed by atoms with Crippen molar-refractivity contribution in [3.63, 3.8) is 0 Å². The fourth-order valence-electron chi connectivity index (χ4n) is 2.12. The highest BCUT2D eigenvalue weighted by Crippen LogP contribution is 2.36. The molecule has 8 heteroatoms. The predicted octanol–water partition coefficient (Wildman–Crippen LogP) is 2.08. The average Bonchev–Trinajstić information content (AvgIpc) is 3.23. The van der Waals surface area contributed by atoms with Crippen LogP contribution in [0.15, 0.2) is 17.0 Å². The third-order valence-corrected chi connectivity index (χ3v) is 5.72. The van der Waals surface area contributed by atoms with E-state index < -0.39 is 38.1 Å². The van der Waals surface area contributed by atoms with Gasteiger partial charge in [0.1, 0.15) is 4.90 Å². The van der Waals surface area contributed by atoms with Crippen LogP contribution in [0.2, 0.25) is 0 Å². The van der Waals surface area contributed by atoms with Gasteiger partial charge in [0.25, 0.3) is 0 Å². The van der Waals surface area contributed by atoms with E-state index in [0.29, 0.717) is 12.1 Å². The van der Waals surface area contributed by atoms with Crippen LogP contribution >= 0.6 is 0 Å². The largest absolute Gasteiger partial charge is 0.478 e. The summed E-state index contributed by atoms with van der Waals surface area (Å²) in [6, 6.07) is 0.749. The molecule has 0 spiro atoms. The number of carboxylic acid groups (broad SMARTS) is 1. The van der Waals surface area contributed by atoms with Crippen molar-refractivity contribution in [2.75, 3.05) is 7.05 Å². The lowest BCUT2D eigenvalue weighted by atomic mass is 10.2. The first-order chi connectivity index (χ1) is 9.66. The molecule has 21 heavy (non-hydrogen) atoms. The number of halogens is 2. The molecule has 0 heterocycles. The summed E-state index contributed by atoms with van der Waals surface area (Å²) in [5.41, 5.74) is -0.611. The Labute approximate surface area is 121 Å². The molecule has 0 aliphatic heterocycles. The van der Waals surface area contributed by atoms with Crippen molar-refractivity contribution in [2.45, 2.75) is 30.7 Å². The van der Waals surface area contributed by atoms with Crippen LogP contribution < -0.4 is 0 Å². The number of hydrogen-bond donors (Lipinski definition) is 1. The zero-order valence-corrected chi connectivity index (χ0v) is 12.3. The lowest BCUT2D eigenvalue weighted by Crippen LogP contribution is -2.37. The number of benzene rings is 1. The van der Waals surface area contributed by atoms with E-state index in [9.17, 15) is 22.0 Å². The normalized spacial score (nSPS) is 17.0. The Balaban J connectivity index is 2.50.